The van der Waals surface area contributed by atoms with E-state index in [9.17, 15) is 0 Å². The van der Waals surface area contributed by atoms with Gasteiger partial charge in [-0.15, -0.1) is 0 Å². The van der Waals surface area contributed by atoms with E-state index in [1.54, 1.807) is 0 Å². The molecule has 1 atom stereocenters. The second kappa shape index (κ2) is 4.50. The van der Waals surface area contributed by atoms with Gasteiger partial charge >= 0.3 is 0 Å². The first-order valence-electron chi connectivity index (χ1n) is 5.71. The highest BCUT2D eigenvalue weighted by Gasteiger charge is 2.26. The number of aromatic nitrogens is 2. The fourth-order valence-electron chi connectivity index (χ4n) is 1.79. The molecule has 16 heavy (non-hydrogen) atoms. The van der Waals surface area contributed by atoms with Crippen LogP contribution in [0.15, 0.2) is 0 Å². The van der Waals surface area contributed by atoms with Gasteiger partial charge in [0.1, 0.15) is 0 Å². The normalized spacial score (nSPS) is 26.9. The van der Waals surface area contributed by atoms with Crippen molar-refractivity contribution in [2.75, 3.05) is 30.4 Å². The van der Waals surface area contributed by atoms with Gasteiger partial charge in [-0.25, -0.2) is 4.98 Å². The monoisotopic (exact) mass is 256 g/mol. The van der Waals surface area contributed by atoms with Gasteiger partial charge in [0.05, 0.1) is 6.04 Å². The number of hydrogen-bond acceptors (Lipinski definition) is 6. The first-order chi connectivity index (χ1) is 7.83. The summed E-state index contributed by atoms with van der Waals surface area (Å²) in [7, 11) is 2.17. The van der Waals surface area contributed by atoms with E-state index in [2.05, 4.69) is 26.6 Å². The predicted octanol–water partition coefficient (Wildman–Crippen LogP) is 1.83. The standard InChI is InChI=1S/C10H16N4S2/c1-14-4-5-15-6-8(14)9-12-10(16-13-9)11-7-2-3-7/h7-8H,2-6H2,1H3,(H,11,12,13). The summed E-state index contributed by atoms with van der Waals surface area (Å²) in [4.78, 5) is 6.97. The van der Waals surface area contributed by atoms with Gasteiger partial charge in [0.15, 0.2) is 5.82 Å². The second-order valence-corrected chi connectivity index (χ2v) is 6.35. The average Bonchev–Trinajstić information content (AvgIpc) is 2.97. The molecule has 0 spiro atoms. The van der Waals surface area contributed by atoms with E-state index in [0.717, 1.165) is 23.3 Å². The molecular weight excluding hydrogens is 240 g/mol. The Labute approximate surface area is 104 Å². The van der Waals surface area contributed by atoms with E-state index in [1.807, 2.05) is 11.8 Å². The molecule has 2 fully saturated rings. The first-order valence-corrected chi connectivity index (χ1v) is 7.64. The molecule has 4 nitrogen and oxygen atoms in total. The zero-order valence-electron chi connectivity index (χ0n) is 9.35. The number of anilines is 1. The van der Waals surface area contributed by atoms with Crippen molar-refractivity contribution in [3.8, 4) is 0 Å². The maximum atomic E-state index is 4.61. The lowest BCUT2D eigenvalue weighted by Gasteiger charge is -2.29. The summed E-state index contributed by atoms with van der Waals surface area (Å²) < 4.78 is 4.48. The van der Waals surface area contributed by atoms with Gasteiger partial charge in [-0.05, 0) is 19.9 Å². The molecule has 0 aromatic carbocycles. The topological polar surface area (TPSA) is 41.1 Å². The first kappa shape index (κ1) is 10.8. The molecule has 1 aromatic heterocycles. The Kier molecular flexibility index (Phi) is 3.04. The average molecular weight is 256 g/mol. The Morgan fingerprint density at radius 1 is 1.44 bits per heavy atom. The summed E-state index contributed by atoms with van der Waals surface area (Å²) in [6.45, 7) is 1.14. The van der Waals surface area contributed by atoms with E-state index in [1.165, 1.54) is 30.1 Å². The van der Waals surface area contributed by atoms with Gasteiger partial charge in [0, 0.05) is 35.6 Å². The minimum absolute atomic E-state index is 0.407. The van der Waals surface area contributed by atoms with Gasteiger partial charge in [0.25, 0.3) is 0 Å². The van der Waals surface area contributed by atoms with Crippen LogP contribution in [0.5, 0.6) is 0 Å². The molecule has 2 aliphatic rings. The van der Waals surface area contributed by atoms with Crippen LogP contribution < -0.4 is 5.32 Å². The lowest BCUT2D eigenvalue weighted by Crippen LogP contribution is -2.33. The van der Waals surface area contributed by atoms with Crippen LogP contribution >= 0.6 is 23.3 Å². The van der Waals surface area contributed by atoms with Crippen molar-refractivity contribution in [1.82, 2.24) is 14.3 Å². The summed E-state index contributed by atoms with van der Waals surface area (Å²) in [5.74, 6) is 3.35. The molecule has 1 aromatic rings. The van der Waals surface area contributed by atoms with Crippen LogP contribution in [0.3, 0.4) is 0 Å². The molecule has 1 aliphatic heterocycles. The molecule has 0 amide bonds. The number of hydrogen-bond donors (Lipinski definition) is 1. The maximum Gasteiger partial charge on any atom is 0.202 e. The van der Waals surface area contributed by atoms with Crippen LogP contribution in [-0.2, 0) is 0 Å². The van der Waals surface area contributed by atoms with Gasteiger partial charge in [-0.3, -0.25) is 4.90 Å². The van der Waals surface area contributed by atoms with Gasteiger partial charge in [-0.1, -0.05) is 0 Å². The summed E-state index contributed by atoms with van der Waals surface area (Å²) in [6, 6.07) is 1.07. The zero-order valence-corrected chi connectivity index (χ0v) is 11.0. The number of rotatable bonds is 3. The molecule has 88 valence electrons. The molecule has 1 saturated carbocycles. The van der Waals surface area contributed by atoms with Crippen LogP contribution in [0.2, 0.25) is 0 Å². The molecule has 1 saturated heterocycles. The Morgan fingerprint density at radius 2 is 2.31 bits per heavy atom. The van der Waals surface area contributed by atoms with Crippen molar-refractivity contribution in [1.29, 1.82) is 0 Å². The third-order valence-electron chi connectivity index (χ3n) is 3.04. The van der Waals surface area contributed by atoms with Crippen molar-refractivity contribution in [2.45, 2.75) is 24.9 Å². The molecular formula is C10H16N4S2. The Bertz CT molecular complexity index is 363. The third-order valence-corrected chi connectivity index (χ3v) is 4.72. The third kappa shape index (κ3) is 2.33. The van der Waals surface area contributed by atoms with Crippen LogP contribution in [0.25, 0.3) is 0 Å². The van der Waals surface area contributed by atoms with Gasteiger partial charge in [-0.2, -0.15) is 16.1 Å². The molecule has 1 unspecified atom stereocenters. The Morgan fingerprint density at radius 3 is 3.06 bits per heavy atom. The van der Waals surface area contributed by atoms with Crippen molar-refractivity contribution < 1.29 is 0 Å². The number of nitrogens with zero attached hydrogens (tertiary/aromatic N) is 3. The highest BCUT2D eigenvalue weighted by Crippen LogP contribution is 2.30. The Balaban J connectivity index is 1.69. The molecule has 1 N–H and O–H groups in total. The quantitative estimate of drug-likeness (QED) is 0.893. The number of thioether (sulfide) groups is 1. The van der Waals surface area contributed by atoms with Gasteiger partial charge < -0.3 is 5.32 Å². The molecule has 0 bridgehead atoms. The molecule has 2 heterocycles. The second-order valence-electron chi connectivity index (χ2n) is 4.45. The summed E-state index contributed by atoms with van der Waals surface area (Å²) in [5, 5.41) is 4.41. The smallest absolute Gasteiger partial charge is 0.202 e. The summed E-state index contributed by atoms with van der Waals surface area (Å²) in [6.07, 6.45) is 2.57. The molecule has 6 heteroatoms. The van der Waals surface area contributed by atoms with E-state index in [-0.39, 0.29) is 0 Å². The zero-order chi connectivity index (χ0) is 11.0. The maximum absolute atomic E-state index is 4.61. The highest BCUT2D eigenvalue weighted by molar-refractivity contribution is 7.99. The fraction of sp³-hybridized carbons (Fsp3) is 0.800. The minimum atomic E-state index is 0.407. The van der Waals surface area contributed by atoms with E-state index in [4.69, 9.17) is 0 Å². The lowest BCUT2D eigenvalue weighted by atomic mass is 10.3. The summed E-state index contributed by atoms with van der Waals surface area (Å²) in [5.41, 5.74) is 0. The van der Waals surface area contributed by atoms with Crippen LogP contribution in [0.4, 0.5) is 5.13 Å². The van der Waals surface area contributed by atoms with Gasteiger partial charge in [0.2, 0.25) is 5.13 Å². The van der Waals surface area contributed by atoms with Crippen LogP contribution in [0.1, 0.15) is 24.7 Å². The molecule has 3 rings (SSSR count). The van der Waals surface area contributed by atoms with Crippen LogP contribution in [0, 0.1) is 0 Å². The lowest BCUT2D eigenvalue weighted by molar-refractivity contribution is 0.266. The summed E-state index contributed by atoms with van der Waals surface area (Å²) >= 11 is 3.51. The van der Waals surface area contributed by atoms with Crippen molar-refractivity contribution in [2.24, 2.45) is 0 Å². The Hall–Kier alpha value is -0.330. The van der Waals surface area contributed by atoms with Crippen LogP contribution in [-0.4, -0.2) is 45.4 Å². The van der Waals surface area contributed by atoms with Crippen molar-refractivity contribution in [3.05, 3.63) is 5.82 Å². The van der Waals surface area contributed by atoms with E-state index in [0.29, 0.717) is 12.1 Å². The largest absolute Gasteiger partial charge is 0.358 e. The van der Waals surface area contributed by atoms with Crippen molar-refractivity contribution >= 4 is 28.4 Å². The number of nitrogens with one attached hydrogen (secondary N) is 1. The highest BCUT2D eigenvalue weighted by atomic mass is 32.2. The minimum Gasteiger partial charge on any atom is -0.358 e. The SMILES string of the molecule is CN1CCSCC1c1nsc(NC2CC2)n1. The van der Waals surface area contributed by atoms with Crippen molar-refractivity contribution in [3.63, 3.8) is 0 Å². The predicted molar refractivity (Wildman–Crippen MR) is 69.2 cm³/mol. The fourth-order valence-corrected chi connectivity index (χ4v) is 3.70. The van der Waals surface area contributed by atoms with E-state index < -0.39 is 0 Å². The molecule has 0 radical (unpaired) electrons. The molecule has 1 aliphatic carbocycles. The van der Waals surface area contributed by atoms with E-state index >= 15 is 0 Å².